The van der Waals surface area contributed by atoms with Crippen molar-refractivity contribution < 1.29 is 28.3 Å². The maximum absolute atomic E-state index is 14.9. The van der Waals surface area contributed by atoms with Crippen LogP contribution in [0.1, 0.15) is 94.1 Å². The molecule has 2 fully saturated rings. The Kier molecular flexibility index (Phi) is 10.1. The van der Waals surface area contributed by atoms with Crippen LogP contribution in [0.2, 0.25) is 0 Å². The zero-order valence-corrected chi connectivity index (χ0v) is 30.9. The molecular weight excluding hydrogens is 673 g/mol. The number of carbonyl (C=O) groups is 4. The molecule has 7 rings (SSSR count). The molecule has 1 atom stereocenters. The Morgan fingerprint density at radius 3 is 2.43 bits per heavy atom. The first-order valence-corrected chi connectivity index (χ1v) is 18.8. The maximum atomic E-state index is 14.9. The third-order valence-electron chi connectivity index (χ3n) is 10.7. The number of benzene rings is 3. The second-order valence-corrected chi connectivity index (χ2v) is 16.1. The number of anilines is 2. The normalized spacial score (nSPS) is 19.0. The molecule has 1 aliphatic heterocycles. The fourth-order valence-corrected chi connectivity index (χ4v) is 7.65. The standard InChI is InChI=1S/C42H48FN5O5/c1-23-15-35-36(48-39(47-35)28-13-14-28)20-31(23)26-9-5-24(6-10-26)16-29(40(51)45-30-18-33(43)32-21-38(50)46-34(32)19-30)17-37(49)27-11-7-25(8-12-27)22-44-41(52)53-42(2,3)4/h5-6,9-10,15,18-20,25,27-29H,7-8,11-14,16-17,21-22H2,1-4H3,(H,44,52)(H,45,51)(H,46,50)(H,47,48)/t25?,27?,29-/m1/s1. The van der Waals surface area contributed by atoms with E-state index in [1.54, 1.807) is 6.07 Å². The summed E-state index contributed by atoms with van der Waals surface area (Å²) >= 11 is 0. The van der Waals surface area contributed by atoms with Gasteiger partial charge >= 0.3 is 6.09 Å². The number of amides is 3. The summed E-state index contributed by atoms with van der Waals surface area (Å²) in [6, 6.07) is 15.1. The van der Waals surface area contributed by atoms with Crippen molar-refractivity contribution in [3.05, 3.63) is 76.9 Å². The Labute approximate surface area is 309 Å². The van der Waals surface area contributed by atoms with Crippen LogP contribution < -0.4 is 16.0 Å². The number of carbonyl (C=O) groups excluding carboxylic acids is 4. The van der Waals surface area contributed by atoms with Crippen LogP contribution in [0.5, 0.6) is 0 Å². The van der Waals surface area contributed by atoms with Gasteiger partial charge in [0.05, 0.1) is 17.5 Å². The van der Waals surface area contributed by atoms with E-state index in [0.29, 0.717) is 37.4 Å². The molecular formula is C42H48FN5O5. The van der Waals surface area contributed by atoms with E-state index in [9.17, 15) is 23.6 Å². The monoisotopic (exact) mass is 721 g/mol. The number of imidazole rings is 1. The van der Waals surface area contributed by atoms with Crippen LogP contribution in [0.4, 0.5) is 20.6 Å². The van der Waals surface area contributed by atoms with Crippen LogP contribution >= 0.6 is 0 Å². The molecule has 1 aromatic heterocycles. The average Bonchev–Trinajstić information content (AvgIpc) is 3.76. The molecule has 4 aromatic rings. The first-order chi connectivity index (χ1) is 25.3. The number of aromatic amines is 1. The summed E-state index contributed by atoms with van der Waals surface area (Å²) in [5, 5.41) is 8.33. The molecule has 278 valence electrons. The summed E-state index contributed by atoms with van der Waals surface area (Å²) in [6.07, 6.45) is 5.16. The predicted molar refractivity (Wildman–Crippen MR) is 202 cm³/mol. The Hall–Kier alpha value is -5.06. The Morgan fingerprint density at radius 2 is 1.74 bits per heavy atom. The largest absolute Gasteiger partial charge is 0.444 e. The Morgan fingerprint density at radius 1 is 1.00 bits per heavy atom. The fourth-order valence-electron chi connectivity index (χ4n) is 7.65. The highest BCUT2D eigenvalue weighted by atomic mass is 19.1. The number of hydrogen-bond donors (Lipinski definition) is 4. The summed E-state index contributed by atoms with van der Waals surface area (Å²) in [5.41, 5.74) is 6.43. The quantitative estimate of drug-likeness (QED) is 0.123. The second kappa shape index (κ2) is 14.8. The van der Waals surface area contributed by atoms with Crippen LogP contribution in [0, 0.1) is 30.5 Å². The van der Waals surface area contributed by atoms with Gasteiger partial charge in [0, 0.05) is 47.7 Å². The number of fused-ring (bicyclic) bond motifs is 2. The van der Waals surface area contributed by atoms with Gasteiger partial charge in [0.2, 0.25) is 11.8 Å². The molecule has 11 heteroatoms. The summed E-state index contributed by atoms with van der Waals surface area (Å²) in [4.78, 5) is 60.0. The first kappa shape index (κ1) is 36.3. The number of nitrogens with zero attached hydrogens (tertiary/aromatic N) is 1. The molecule has 2 heterocycles. The molecule has 0 bridgehead atoms. The number of hydrogen-bond acceptors (Lipinski definition) is 6. The lowest BCUT2D eigenvalue weighted by Crippen LogP contribution is -2.37. The lowest BCUT2D eigenvalue weighted by atomic mass is 9.77. The van der Waals surface area contributed by atoms with Crippen LogP contribution in [-0.4, -0.2) is 45.8 Å². The highest BCUT2D eigenvalue weighted by Crippen LogP contribution is 2.40. The van der Waals surface area contributed by atoms with Gasteiger partial charge in [0.15, 0.2) is 0 Å². The van der Waals surface area contributed by atoms with E-state index in [2.05, 4.69) is 40.0 Å². The molecule has 0 radical (unpaired) electrons. The van der Waals surface area contributed by atoms with Crippen LogP contribution in [0.15, 0.2) is 48.5 Å². The smallest absolute Gasteiger partial charge is 0.407 e. The van der Waals surface area contributed by atoms with Gasteiger partial charge in [-0.2, -0.15) is 0 Å². The predicted octanol–water partition coefficient (Wildman–Crippen LogP) is 8.14. The van der Waals surface area contributed by atoms with Gasteiger partial charge < -0.3 is 25.7 Å². The third kappa shape index (κ3) is 8.77. The minimum Gasteiger partial charge on any atom is -0.444 e. The van der Waals surface area contributed by atoms with E-state index >= 15 is 0 Å². The van der Waals surface area contributed by atoms with E-state index in [4.69, 9.17) is 9.72 Å². The number of ether oxygens (including phenoxy) is 1. The number of aromatic nitrogens is 2. The van der Waals surface area contributed by atoms with E-state index in [1.807, 2.05) is 45.0 Å². The molecule has 2 saturated carbocycles. The molecule has 3 aliphatic rings. The summed E-state index contributed by atoms with van der Waals surface area (Å²) in [5.74, 6) is -0.260. The second-order valence-electron chi connectivity index (χ2n) is 16.1. The average molecular weight is 722 g/mol. The van der Waals surface area contributed by atoms with Gasteiger partial charge in [-0.3, -0.25) is 14.4 Å². The highest BCUT2D eigenvalue weighted by molar-refractivity contribution is 6.01. The number of alkyl carbamates (subject to hydrolysis) is 1. The van der Waals surface area contributed by atoms with E-state index < -0.39 is 23.4 Å². The topological polar surface area (TPSA) is 142 Å². The molecule has 4 N–H and O–H groups in total. The highest BCUT2D eigenvalue weighted by Gasteiger charge is 2.32. The summed E-state index contributed by atoms with van der Waals surface area (Å²) in [6.45, 7) is 8.05. The first-order valence-electron chi connectivity index (χ1n) is 18.8. The zero-order valence-electron chi connectivity index (χ0n) is 30.9. The number of aryl methyl sites for hydroxylation is 1. The molecule has 3 amide bonds. The maximum Gasteiger partial charge on any atom is 0.407 e. The molecule has 3 aromatic carbocycles. The van der Waals surface area contributed by atoms with E-state index in [0.717, 1.165) is 52.0 Å². The van der Waals surface area contributed by atoms with Crippen LogP contribution in [0.3, 0.4) is 0 Å². The summed E-state index contributed by atoms with van der Waals surface area (Å²) < 4.78 is 20.2. The summed E-state index contributed by atoms with van der Waals surface area (Å²) in [7, 11) is 0. The molecule has 0 saturated heterocycles. The van der Waals surface area contributed by atoms with Gasteiger partial charge in [-0.1, -0.05) is 24.3 Å². The molecule has 53 heavy (non-hydrogen) atoms. The van der Waals surface area contributed by atoms with E-state index in [-0.39, 0.29) is 53.5 Å². The van der Waals surface area contributed by atoms with Crippen molar-refractivity contribution in [3.63, 3.8) is 0 Å². The van der Waals surface area contributed by atoms with Crippen molar-refractivity contribution in [1.29, 1.82) is 0 Å². The number of halogens is 1. The van der Waals surface area contributed by atoms with Gasteiger partial charge in [0.25, 0.3) is 0 Å². The van der Waals surface area contributed by atoms with Gasteiger partial charge in [-0.05, 0) is 125 Å². The number of ketones is 1. The third-order valence-corrected chi connectivity index (χ3v) is 10.7. The van der Waals surface area contributed by atoms with Crippen LogP contribution in [0.25, 0.3) is 22.2 Å². The van der Waals surface area contributed by atoms with Crippen molar-refractivity contribution in [2.75, 3.05) is 17.2 Å². The molecule has 0 spiro atoms. The van der Waals surface area contributed by atoms with Crippen LogP contribution in [-0.2, 0) is 32.0 Å². The van der Waals surface area contributed by atoms with Gasteiger partial charge in [-0.15, -0.1) is 0 Å². The number of H-pyrrole nitrogens is 1. The lowest BCUT2D eigenvalue weighted by molar-refractivity contribution is -0.129. The number of rotatable bonds is 11. The van der Waals surface area contributed by atoms with Crippen molar-refractivity contribution in [2.24, 2.45) is 17.8 Å². The van der Waals surface area contributed by atoms with Crippen molar-refractivity contribution >= 4 is 46.1 Å². The van der Waals surface area contributed by atoms with E-state index in [1.165, 1.54) is 18.9 Å². The Bertz CT molecular complexity index is 2050. The number of Topliss-reactive ketones (excluding diaryl/α,β-unsaturated/α-hetero) is 1. The van der Waals surface area contributed by atoms with Gasteiger partial charge in [-0.25, -0.2) is 14.2 Å². The lowest BCUT2D eigenvalue weighted by Gasteiger charge is -2.29. The number of nitrogens with one attached hydrogen (secondary N) is 4. The SMILES string of the molecule is Cc1cc2[nH]c(C3CC3)nc2cc1-c1ccc(C[C@H](CC(=O)C2CCC(CNC(=O)OC(C)(C)C)CC2)C(=O)Nc2cc(F)c3c(c2)NC(=O)C3)cc1. The Balaban J connectivity index is 1.04. The van der Waals surface area contributed by atoms with Crippen molar-refractivity contribution in [1.82, 2.24) is 15.3 Å². The van der Waals surface area contributed by atoms with Crippen molar-refractivity contribution in [2.45, 2.75) is 97.0 Å². The molecule has 2 aliphatic carbocycles. The fraction of sp³-hybridized carbons (Fsp3) is 0.452. The molecule has 10 nitrogen and oxygen atoms in total. The minimum absolute atomic E-state index is 0.0289. The van der Waals surface area contributed by atoms with Crippen molar-refractivity contribution in [3.8, 4) is 11.1 Å². The molecule has 0 unspecified atom stereocenters. The zero-order chi connectivity index (χ0) is 37.4. The van der Waals surface area contributed by atoms with Gasteiger partial charge in [0.1, 0.15) is 23.0 Å². The minimum atomic E-state index is -0.700.